The second-order valence-electron chi connectivity index (χ2n) is 6.92. The summed E-state index contributed by atoms with van der Waals surface area (Å²) in [6, 6.07) is 27.9. The number of nitrogens with zero attached hydrogens (tertiary/aromatic N) is 1. The SMILES string of the molecule is Cc1ccc(C(CN(Cc2ccccc2)Cc2ccccc2)C(=O)[O-])cc1.[Rb+]. The molecule has 0 heterocycles. The van der Waals surface area contributed by atoms with E-state index in [1.807, 2.05) is 67.6 Å². The Morgan fingerprint density at radius 2 is 1.29 bits per heavy atom. The molecule has 0 amide bonds. The van der Waals surface area contributed by atoms with E-state index >= 15 is 0 Å². The molecule has 1 atom stereocenters. The van der Waals surface area contributed by atoms with Crippen LogP contribution in [0.4, 0.5) is 0 Å². The number of carbonyl (C=O) groups is 1. The predicted molar refractivity (Wildman–Crippen MR) is 106 cm³/mol. The maximum Gasteiger partial charge on any atom is 1.00 e. The minimum absolute atomic E-state index is 0. The van der Waals surface area contributed by atoms with Gasteiger partial charge in [-0.3, -0.25) is 4.90 Å². The third-order valence-electron chi connectivity index (χ3n) is 4.70. The van der Waals surface area contributed by atoms with Gasteiger partial charge in [-0.15, -0.1) is 0 Å². The molecule has 0 radical (unpaired) electrons. The average Bonchev–Trinajstić information content (AvgIpc) is 2.68. The molecule has 0 bridgehead atoms. The topological polar surface area (TPSA) is 43.4 Å². The van der Waals surface area contributed by atoms with Crippen LogP contribution in [-0.2, 0) is 17.9 Å². The van der Waals surface area contributed by atoms with Crippen LogP contribution in [0.3, 0.4) is 0 Å². The molecule has 0 aliphatic carbocycles. The van der Waals surface area contributed by atoms with Crippen LogP contribution in [0.2, 0.25) is 0 Å². The van der Waals surface area contributed by atoms with Crippen molar-refractivity contribution in [3.63, 3.8) is 0 Å². The van der Waals surface area contributed by atoms with Crippen molar-refractivity contribution in [3.8, 4) is 0 Å². The van der Waals surface area contributed by atoms with E-state index in [0.717, 1.165) is 22.3 Å². The Hall–Kier alpha value is -1.10. The van der Waals surface area contributed by atoms with Crippen LogP contribution in [0, 0.1) is 6.92 Å². The second-order valence-corrected chi connectivity index (χ2v) is 6.92. The van der Waals surface area contributed by atoms with E-state index in [2.05, 4.69) is 29.2 Å². The maximum absolute atomic E-state index is 11.9. The zero-order valence-electron chi connectivity index (χ0n) is 16.5. The summed E-state index contributed by atoms with van der Waals surface area (Å²) in [6.45, 7) is 3.76. The molecule has 0 aliphatic rings. The summed E-state index contributed by atoms with van der Waals surface area (Å²) in [4.78, 5) is 14.1. The number of rotatable bonds is 8. The third-order valence-corrected chi connectivity index (χ3v) is 4.70. The number of aliphatic carboxylic acids is 1. The van der Waals surface area contributed by atoms with Gasteiger partial charge < -0.3 is 9.90 Å². The largest absolute Gasteiger partial charge is 1.00 e. The van der Waals surface area contributed by atoms with E-state index in [1.165, 1.54) is 0 Å². The van der Waals surface area contributed by atoms with Gasteiger partial charge in [-0.05, 0) is 23.6 Å². The molecule has 1 unspecified atom stereocenters. The molecule has 4 heteroatoms. The summed E-state index contributed by atoms with van der Waals surface area (Å²) in [7, 11) is 0. The summed E-state index contributed by atoms with van der Waals surface area (Å²) < 4.78 is 0. The van der Waals surface area contributed by atoms with Gasteiger partial charge in [0.2, 0.25) is 0 Å². The van der Waals surface area contributed by atoms with Crippen molar-refractivity contribution < 1.29 is 68.1 Å². The number of carbonyl (C=O) groups excluding carboxylic acids is 1. The Bertz CT molecular complexity index is 809. The summed E-state index contributed by atoms with van der Waals surface area (Å²) in [6.07, 6.45) is 0. The van der Waals surface area contributed by atoms with Crippen LogP contribution in [0.5, 0.6) is 0 Å². The van der Waals surface area contributed by atoms with Crippen molar-refractivity contribution in [2.75, 3.05) is 6.54 Å². The van der Waals surface area contributed by atoms with Crippen LogP contribution >= 0.6 is 0 Å². The van der Waals surface area contributed by atoms with Crippen molar-refractivity contribution in [2.24, 2.45) is 0 Å². The Labute approximate surface area is 216 Å². The van der Waals surface area contributed by atoms with E-state index < -0.39 is 11.9 Å². The first kappa shape index (κ1) is 23.2. The van der Waals surface area contributed by atoms with Gasteiger partial charge >= 0.3 is 58.2 Å². The molecule has 0 aromatic heterocycles. The molecular weight excluding hydrogens is 420 g/mol. The fourth-order valence-electron chi connectivity index (χ4n) is 3.24. The number of hydrogen-bond donors (Lipinski definition) is 0. The molecule has 138 valence electrons. The fraction of sp³-hybridized carbons (Fsp3) is 0.208. The molecule has 28 heavy (non-hydrogen) atoms. The van der Waals surface area contributed by atoms with Crippen LogP contribution < -0.4 is 63.3 Å². The monoisotopic (exact) mass is 443 g/mol. The summed E-state index contributed by atoms with van der Waals surface area (Å²) in [5.74, 6) is -1.71. The normalized spacial score (nSPS) is 11.6. The van der Waals surface area contributed by atoms with Gasteiger partial charge in [0.15, 0.2) is 0 Å². The summed E-state index contributed by atoms with van der Waals surface area (Å²) in [5, 5.41) is 11.9. The van der Waals surface area contributed by atoms with Gasteiger partial charge in [-0.2, -0.15) is 0 Å². The van der Waals surface area contributed by atoms with E-state index in [0.29, 0.717) is 19.6 Å². The molecule has 0 saturated heterocycles. The molecular formula is C24H24NO2Rb. The minimum atomic E-state index is -1.04. The molecule has 0 saturated carbocycles. The number of benzene rings is 3. The molecule has 0 N–H and O–H groups in total. The molecule has 3 nitrogen and oxygen atoms in total. The maximum atomic E-state index is 11.9. The molecule has 0 fully saturated rings. The van der Waals surface area contributed by atoms with Crippen molar-refractivity contribution >= 4 is 5.97 Å². The zero-order chi connectivity index (χ0) is 19.1. The average molecular weight is 444 g/mol. The Kier molecular flexibility index (Phi) is 9.76. The van der Waals surface area contributed by atoms with Gasteiger partial charge in [-0.25, -0.2) is 0 Å². The van der Waals surface area contributed by atoms with Crippen LogP contribution in [0.15, 0.2) is 84.9 Å². The zero-order valence-corrected chi connectivity index (χ0v) is 21.5. The number of hydrogen-bond acceptors (Lipinski definition) is 3. The number of aryl methyl sites for hydroxylation is 1. The van der Waals surface area contributed by atoms with E-state index in [1.54, 1.807) is 0 Å². The smallest absolute Gasteiger partial charge is 0.549 e. The van der Waals surface area contributed by atoms with Gasteiger partial charge in [0.05, 0.1) is 5.97 Å². The van der Waals surface area contributed by atoms with Crippen molar-refractivity contribution in [1.82, 2.24) is 4.90 Å². The van der Waals surface area contributed by atoms with Crippen molar-refractivity contribution in [1.29, 1.82) is 0 Å². The molecule has 3 aromatic carbocycles. The van der Waals surface area contributed by atoms with Gasteiger partial charge in [0, 0.05) is 25.6 Å². The first-order chi connectivity index (χ1) is 13.1. The fourth-order valence-corrected chi connectivity index (χ4v) is 3.24. The van der Waals surface area contributed by atoms with Crippen LogP contribution in [0.25, 0.3) is 0 Å². The predicted octanol–water partition coefficient (Wildman–Crippen LogP) is 0.535. The summed E-state index contributed by atoms with van der Waals surface area (Å²) in [5.41, 5.74) is 4.22. The second kappa shape index (κ2) is 11.8. The van der Waals surface area contributed by atoms with Gasteiger partial charge in [-0.1, -0.05) is 90.5 Å². The Morgan fingerprint density at radius 1 is 0.821 bits per heavy atom. The molecule has 0 aliphatic heterocycles. The quantitative estimate of drug-likeness (QED) is 0.510. The standard InChI is InChI=1S/C24H25NO2.Rb/c1-19-12-14-22(15-13-19)23(24(26)27)18-25(16-20-8-4-2-5-9-20)17-21-10-6-3-7-11-21;/h2-15,23H,16-18H2,1H3,(H,26,27);/q;+1/p-1. The summed E-state index contributed by atoms with van der Waals surface area (Å²) >= 11 is 0. The van der Waals surface area contributed by atoms with E-state index in [-0.39, 0.29) is 58.2 Å². The van der Waals surface area contributed by atoms with Crippen molar-refractivity contribution in [2.45, 2.75) is 25.9 Å². The number of carboxylic acid groups (broad SMARTS) is 1. The molecule has 0 spiro atoms. The van der Waals surface area contributed by atoms with Crippen LogP contribution in [-0.4, -0.2) is 17.4 Å². The van der Waals surface area contributed by atoms with E-state index in [9.17, 15) is 9.90 Å². The number of carboxylic acids is 1. The van der Waals surface area contributed by atoms with Gasteiger partial charge in [0.25, 0.3) is 0 Å². The Balaban J connectivity index is 0.00000280. The first-order valence-corrected chi connectivity index (χ1v) is 9.19. The van der Waals surface area contributed by atoms with Crippen molar-refractivity contribution in [3.05, 3.63) is 107 Å². The first-order valence-electron chi connectivity index (χ1n) is 9.19. The van der Waals surface area contributed by atoms with E-state index in [4.69, 9.17) is 0 Å². The van der Waals surface area contributed by atoms with Gasteiger partial charge in [0.1, 0.15) is 0 Å². The van der Waals surface area contributed by atoms with Crippen LogP contribution in [0.1, 0.15) is 28.2 Å². The Morgan fingerprint density at radius 3 is 1.71 bits per heavy atom. The molecule has 3 aromatic rings. The molecule has 3 rings (SSSR count). The third kappa shape index (κ3) is 7.05. The minimum Gasteiger partial charge on any atom is -0.549 e.